The first kappa shape index (κ1) is 27.7. The number of rotatable bonds is 5. The molecule has 11 nitrogen and oxygen atoms in total. The molecule has 1 saturated heterocycles. The number of pyridine rings is 2. The van der Waals surface area contributed by atoms with Crippen LogP contribution in [-0.2, 0) is 0 Å². The van der Waals surface area contributed by atoms with Crippen molar-refractivity contribution < 1.29 is 28.5 Å². The zero-order valence-corrected chi connectivity index (χ0v) is 22.8. The van der Waals surface area contributed by atoms with Gasteiger partial charge in [-0.3, -0.25) is 4.98 Å². The van der Waals surface area contributed by atoms with Gasteiger partial charge in [0, 0.05) is 37.9 Å². The second kappa shape index (κ2) is 10.6. The average Bonchev–Trinajstić information content (AvgIpc) is 2.92. The molecular weight excluding hydrogens is 538 g/mol. The van der Waals surface area contributed by atoms with E-state index in [1.807, 2.05) is 13.8 Å². The van der Waals surface area contributed by atoms with Gasteiger partial charge < -0.3 is 24.7 Å². The summed E-state index contributed by atoms with van der Waals surface area (Å²) in [6.07, 6.45) is 0.461. The normalized spacial score (nSPS) is 15.5. The standard InChI is InChI=1S/C28H28F2N6O5/c1-14(2)22-24(20(41-4)8-9-31-22)36-26-16(12-18(30)23(32-26)21-17(29)6-5-7-19(21)37)25(33-27(36)38)35-11-10-34(28(39)40)13-15(35)3/h5-9,12,14-15,37H,10-11,13H2,1-4H3,(H,39,40)/t15-/m0/s1. The Morgan fingerprint density at radius 2 is 1.90 bits per heavy atom. The predicted molar refractivity (Wildman–Crippen MR) is 147 cm³/mol. The van der Waals surface area contributed by atoms with Crippen molar-refractivity contribution in [3.8, 4) is 28.4 Å². The van der Waals surface area contributed by atoms with Crippen LogP contribution in [0.2, 0.25) is 0 Å². The van der Waals surface area contributed by atoms with Crippen LogP contribution >= 0.6 is 0 Å². The molecule has 0 radical (unpaired) electrons. The maximum Gasteiger partial charge on any atom is 0.407 e. The summed E-state index contributed by atoms with van der Waals surface area (Å²) in [5.41, 5.74) is -1.10. The van der Waals surface area contributed by atoms with E-state index in [-0.39, 0.29) is 53.8 Å². The summed E-state index contributed by atoms with van der Waals surface area (Å²) in [6, 6.07) is 5.79. The molecule has 1 atom stereocenters. The molecule has 0 unspecified atom stereocenters. The molecule has 214 valence electrons. The van der Waals surface area contributed by atoms with Gasteiger partial charge in [-0.25, -0.2) is 27.9 Å². The van der Waals surface area contributed by atoms with Gasteiger partial charge in [0.05, 0.1) is 23.8 Å². The maximum absolute atomic E-state index is 15.8. The van der Waals surface area contributed by atoms with Crippen LogP contribution < -0.4 is 15.3 Å². The van der Waals surface area contributed by atoms with E-state index < -0.39 is 46.5 Å². The van der Waals surface area contributed by atoms with Gasteiger partial charge in [0.1, 0.15) is 34.5 Å². The molecule has 13 heteroatoms. The number of methoxy groups -OCH3 is 1. The Morgan fingerprint density at radius 1 is 1.15 bits per heavy atom. The van der Waals surface area contributed by atoms with Crippen LogP contribution in [0, 0.1) is 11.6 Å². The topological polar surface area (TPSA) is 134 Å². The Hall–Kier alpha value is -4.81. The van der Waals surface area contributed by atoms with Crippen LogP contribution in [0.3, 0.4) is 0 Å². The van der Waals surface area contributed by atoms with E-state index in [1.54, 1.807) is 17.9 Å². The Kier molecular flexibility index (Phi) is 7.20. The number of benzene rings is 1. The minimum Gasteiger partial charge on any atom is -0.507 e. The molecule has 1 fully saturated rings. The number of aromatic hydroxyl groups is 1. The second-order valence-corrected chi connectivity index (χ2v) is 10.1. The summed E-state index contributed by atoms with van der Waals surface area (Å²) >= 11 is 0. The van der Waals surface area contributed by atoms with E-state index in [9.17, 15) is 24.2 Å². The Balaban J connectivity index is 1.87. The number of amides is 1. The lowest BCUT2D eigenvalue weighted by atomic mass is 10.1. The van der Waals surface area contributed by atoms with Crippen molar-refractivity contribution in [1.82, 2.24) is 24.4 Å². The van der Waals surface area contributed by atoms with Crippen molar-refractivity contribution in [2.45, 2.75) is 32.7 Å². The van der Waals surface area contributed by atoms with Crippen LogP contribution in [0.4, 0.5) is 19.4 Å². The quantitative estimate of drug-likeness (QED) is 0.365. The summed E-state index contributed by atoms with van der Waals surface area (Å²) < 4.78 is 37.4. The van der Waals surface area contributed by atoms with E-state index in [1.165, 1.54) is 30.3 Å². The molecule has 41 heavy (non-hydrogen) atoms. The van der Waals surface area contributed by atoms with E-state index in [4.69, 9.17) is 4.74 Å². The Morgan fingerprint density at radius 3 is 2.54 bits per heavy atom. The first-order valence-electron chi connectivity index (χ1n) is 12.9. The first-order valence-corrected chi connectivity index (χ1v) is 12.9. The fourth-order valence-electron chi connectivity index (χ4n) is 5.16. The molecule has 1 aliphatic heterocycles. The molecular formula is C28H28F2N6O5. The minimum absolute atomic E-state index is 0.0693. The summed E-state index contributed by atoms with van der Waals surface area (Å²) in [5, 5.41) is 20.0. The van der Waals surface area contributed by atoms with E-state index in [0.29, 0.717) is 5.69 Å². The monoisotopic (exact) mass is 566 g/mol. The third kappa shape index (κ3) is 4.77. The molecule has 1 aromatic carbocycles. The van der Waals surface area contributed by atoms with Gasteiger partial charge >= 0.3 is 11.8 Å². The summed E-state index contributed by atoms with van der Waals surface area (Å²) in [6.45, 7) is 5.97. The lowest BCUT2D eigenvalue weighted by molar-refractivity contribution is 0.136. The number of phenols is 1. The molecule has 5 rings (SSSR count). The molecule has 2 N–H and O–H groups in total. The number of aromatic nitrogens is 4. The Bertz CT molecular complexity index is 1710. The fraction of sp³-hybridized carbons (Fsp3) is 0.321. The highest BCUT2D eigenvalue weighted by Crippen LogP contribution is 2.37. The number of carboxylic acid groups (broad SMARTS) is 1. The van der Waals surface area contributed by atoms with Crippen LogP contribution in [0.15, 0.2) is 41.3 Å². The SMILES string of the molecule is COc1ccnc(C(C)C)c1-n1c(=O)nc(N2CCN(C(=O)O)C[C@@H]2C)c2cc(F)c(-c3c(O)cccc3F)nc21. The number of hydrogen-bond acceptors (Lipinski definition) is 8. The molecule has 0 aliphatic carbocycles. The summed E-state index contributed by atoms with van der Waals surface area (Å²) in [5.74, 6) is -2.18. The maximum atomic E-state index is 15.8. The van der Waals surface area contributed by atoms with Crippen LogP contribution in [-0.4, -0.2) is 73.5 Å². The highest BCUT2D eigenvalue weighted by atomic mass is 19.1. The molecule has 4 aromatic rings. The molecule has 3 aromatic heterocycles. The number of nitrogens with zero attached hydrogens (tertiary/aromatic N) is 6. The van der Waals surface area contributed by atoms with Crippen LogP contribution in [0.1, 0.15) is 32.4 Å². The van der Waals surface area contributed by atoms with Gasteiger partial charge in [-0.1, -0.05) is 19.9 Å². The van der Waals surface area contributed by atoms with Crippen molar-refractivity contribution >= 4 is 22.9 Å². The van der Waals surface area contributed by atoms with Gasteiger partial charge in [0.15, 0.2) is 11.5 Å². The third-order valence-electron chi connectivity index (χ3n) is 7.11. The number of anilines is 1. The fourth-order valence-corrected chi connectivity index (χ4v) is 5.16. The number of carbonyl (C=O) groups is 1. The zero-order chi connectivity index (χ0) is 29.6. The van der Waals surface area contributed by atoms with E-state index in [2.05, 4.69) is 15.0 Å². The van der Waals surface area contributed by atoms with Crippen LogP contribution in [0.25, 0.3) is 28.0 Å². The number of halogens is 2. The van der Waals surface area contributed by atoms with Crippen molar-refractivity contribution in [2.75, 3.05) is 31.6 Å². The lowest BCUT2D eigenvalue weighted by Gasteiger charge is -2.39. The molecule has 1 amide bonds. The minimum atomic E-state index is -1.07. The Labute approximate surface area is 233 Å². The largest absolute Gasteiger partial charge is 0.507 e. The van der Waals surface area contributed by atoms with Crippen molar-refractivity contribution in [3.05, 3.63) is 64.3 Å². The highest BCUT2D eigenvalue weighted by Gasteiger charge is 2.31. The van der Waals surface area contributed by atoms with Gasteiger partial charge in [0.2, 0.25) is 0 Å². The summed E-state index contributed by atoms with van der Waals surface area (Å²) in [7, 11) is 1.43. The average molecular weight is 567 g/mol. The number of phenolic OH excluding ortho intramolecular Hbond substituents is 1. The highest BCUT2D eigenvalue weighted by molar-refractivity contribution is 5.91. The van der Waals surface area contributed by atoms with Gasteiger partial charge in [0.25, 0.3) is 0 Å². The molecule has 0 bridgehead atoms. The number of ether oxygens (including phenoxy) is 1. The van der Waals surface area contributed by atoms with Crippen molar-refractivity contribution in [2.24, 2.45) is 0 Å². The third-order valence-corrected chi connectivity index (χ3v) is 7.11. The van der Waals surface area contributed by atoms with E-state index >= 15 is 4.39 Å². The summed E-state index contributed by atoms with van der Waals surface area (Å²) in [4.78, 5) is 41.6. The smallest absolute Gasteiger partial charge is 0.407 e. The number of fused-ring (bicyclic) bond motifs is 1. The van der Waals surface area contributed by atoms with Crippen molar-refractivity contribution in [3.63, 3.8) is 0 Å². The molecule has 0 spiro atoms. The predicted octanol–water partition coefficient (Wildman–Crippen LogP) is 4.15. The number of piperazine rings is 1. The first-order chi connectivity index (χ1) is 19.5. The molecule has 4 heterocycles. The van der Waals surface area contributed by atoms with Gasteiger partial charge in [-0.15, -0.1) is 0 Å². The van der Waals surface area contributed by atoms with Gasteiger partial charge in [-0.05, 0) is 31.0 Å². The molecule has 1 aliphatic rings. The second-order valence-electron chi connectivity index (χ2n) is 10.1. The lowest BCUT2D eigenvalue weighted by Crippen LogP contribution is -2.54. The molecule has 0 saturated carbocycles. The zero-order valence-electron chi connectivity index (χ0n) is 22.8. The van der Waals surface area contributed by atoms with Gasteiger partial charge in [-0.2, -0.15) is 4.98 Å². The van der Waals surface area contributed by atoms with Crippen molar-refractivity contribution in [1.29, 1.82) is 0 Å². The van der Waals surface area contributed by atoms with Crippen LogP contribution in [0.5, 0.6) is 11.5 Å². The number of hydrogen-bond donors (Lipinski definition) is 2. The van der Waals surface area contributed by atoms with E-state index in [0.717, 1.165) is 16.7 Å².